The summed E-state index contributed by atoms with van der Waals surface area (Å²) in [6, 6.07) is 11.9. The molecule has 1 aliphatic heterocycles. The number of rotatable bonds is 1. The van der Waals surface area contributed by atoms with Gasteiger partial charge < -0.3 is 10.6 Å². The Morgan fingerprint density at radius 2 is 2.20 bits per heavy atom. The molecule has 0 amide bonds. The quantitative estimate of drug-likeness (QED) is 0.803. The van der Waals surface area contributed by atoms with E-state index in [4.69, 9.17) is 11.0 Å². The SMILES string of the molecule is Cc1cc(C#N)cc(N2CCc3cccc(N)c3C2)n1. The van der Waals surface area contributed by atoms with E-state index in [2.05, 4.69) is 22.0 Å². The third-order valence-corrected chi connectivity index (χ3v) is 3.70. The van der Waals surface area contributed by atoms with Crippen LogP contribution in [0.15, 0.2) is 30.3 Å². The molecule has 0 atom stereocenters. The van der Waals surface area contributed by atoms with Crippen LogP contribution in [0.3, 0.4) is 0 Å². The molecule has 0 aliphatic carbocycles. The first-order valence-corrected chi connectivity index (χ1v) is 6.67. The molecule has 3 rings (SSSR count). The second kappa shape index (κ2) is 4.86. The standard InChI is InChI=1S/C16H16N4/c1-11-7-12(9-17)8-16(19-11)20-6-5-13-3-2-4-15(18)14(13)10-20/h2-4,7-8H,5-6,10,18H2,1H3. The Bertz CT molecular complexity index is 700. The Labute approximate surface area is 118 Å². The number of hydrogen-bond acceptors (Lipinski definition) is 4. The number of nitriles is 1. The van der Waals surface area contributed by atoms with Crippen LogP contribution in [0, 0.1) is 18.3 Å². The van der Waals surface area contributed by atoms with Crippen molar-refractivity contribution in [2.45, 2.75) is 19.9 Å². The maximum absolute atomic E-state index is 9.07. The number of anilines is 2. The van der Waals surface area contributed by atoms with E-state index in [1.54, 1.807) is 6.07 Å². The fourth-order valence-corrected chi connectivity index (χ4v) is 2.68. The van der Waals surface area contributed by atoms with Gasteiger partial charge in [0.25, 0.3) is 0 Å². The van der Waals surface area contributed by atoms with E-state index in [0.717, 1.165) is 36.7 Å². The molecule has 0 bridgehead atoms. The minimum Gasteiger partial charge on any atom is -0.398 e. The van der Waals surface area contributed by atoms with Gasteiger partial charge in [0.1, 0.15) is 5.82 Å². The second-order valence-electron chi connectivity index (χ2n) is 5.12. The molecule has 100 valence electrons. The molecular formula is C16H16N4. The number of aromatic nitrogens is 1. The smallest absolute Gasteiger partial charge is 0.130 e. The largest absolute Gasteiger partial charge is 0.398 e. The lowest BCUT2D eigenvalue weighted by Gasteiger charge is -2.30. The first kappa shape index (κ1) is 12.5. The summed E-state index contributed by atoms with van der Waals surface area (Å²) in [6.45, 7) is 3.57. The van der Waals surface area contributed by atoms with Crippen LogP contribution < -0.4 is 10.6 Å². The number of benzene rings is 1. The second-order valence-corrected chi connectivity index (χ2v) is 5.12. The Kier molecular flexibility index (Phi) is 3.03. The average molecular weight is 264 g/mol. The monoisotopic (exact) mass is 264 g/mol. The first-order chi connectivity index (χ1) is 9.67. The van der Waals surface area contributed by atoms with Crippen LogP contribution in [0.25, 0.3) is 0 Å². The van der Waals surface area contributed by atoms with E-state index >= 15 is 0 Å². The number of fused-ring (bicyclic) bond motifs is 1. The molecule has 0 fully saturated rings. The van der Waals surface area contributed by atoms with Crippen LogP contribution >= 0.6 is 0 Å². The molecule has 0 spiro atoms. The molecule has 0 saturated carbocycles. The van der Waals surface area contributed by atoms with Crippen molar-refractivity contribution in [1.29, 1.82) is 5.26 Å². The zero-order chi connectivity index (χ0) is 14.1. The summed E-state index contributed by atoms with van der Waals surface area (Å²) >= 11 is 0. The van der Waals surface area contributed by atoms with Crippen LogP contribution in [-0.4, -0.2) is 11.5 Å². The van der Waals surface area contributed by atoms with Crippen molar-refractivity contribution in [3.8, 4) is 6.07 Å². The Balaban J connectivity index is 1.96. The van der Waals surface area contributed by atoms with Gasteiger partial charge in [-0.15, -0.1) is 0 Å². The fraction of sp³-hybridized carbons (Fsp3) is 0.250. The Morgan fingerprint density at radius 1 is 1.35 bits per heavy atom. The minimum absolute atomic E-state index is 0.652. The van der Waals surface area contributed by atoms with Crippen molar-refractivity contribution < 1.29 is 0 Å². The van der Waals surface area contributed by atoms with Gasteiger partial charge in [-0.2, -0.15) is 5.26 Å². The maximum atomic E-state index is 9.07. The molecule has 1 aromatic carbocycles. The van der Waals surface area contributed by atoms with E-state index < -0.39 is 0 Å². The van der Waals surface area contributed by atoms with Gasteiger partial charge in [0, 0.05) is 24.5 Å². The topological polar surface area (TPSA) is 65.9 Å². The molecule has 4 heteroatoms. The van der Waals surface area contributed by atoms with E-state index in [-0.39, 0.29) is 0 Å². The lowest BCUT2D eigenvalue weighted by molar-refractivity contribution is 0.721. The number of hydrogen-bond donors (Lipinski definition) is 1. The highest BCUT2D eigenvalue weighted by Crippen LogP contribution is 2.27. The summed E-state index contributed by atoms with van der Waals surface area (Å²) in [4.78, 5) is 6.73. The molecule has 2 N–H and O–H groups in total. The van der Waals surface area contributed by atoms with E-state index in [0.29, 0.717) is 5.56 Å². The minimum atomic E-state index is 0.652. The van der Waals surface area contributed by atoms with Gasteiger partial charge in [-0.05, 0) is 42.7 Å². The molecule has 4 nitrogen and oxygen atoms in total. The Morgan fingerprint density at radius 3 is 3.00 bits per heavy atom. The van der Waals surface area contributed by atoms with Gasteiger partial charge in [-0.1, -0.05) is 12.1 Å². The molecule has 1 aliphatic rings. The lowest BCUT2D eigenvalue weighted by Crippen LogP contribution is -2.31. The van der Waals surface area contributed by atoms with Crippen molar-refractivity contribution in [3.05, 3.63) is 52.7 Å². The summed E-state index contributed by atoms with van der Waals surface area (Å²) in [5.41, 5.74) is 10.9. The number of aryl methyl sites for hydroxylation is 1. The van der Waals surface area contributed by atoms with Gasteiger partial charge in [0.05, 0.1) is 11.6 Å². The highest BCUT2D eigenvalue weighted by Gasteiger charge is 2.19. The van der Waals surface area contributed by atoms with E-state index in [1.165, 1.54) is 11.1 Å². The Hall–Kier alpha value is -2.54. The number of pyridine rings is 1. The van der Waals surface area contributed by atoms with Crippen molar-refractivity contribution in [2.75, 3.05) is 17.2 Å². The summed E-state index contributed by atoms with van der Waals surface area (Å²) in [6.07, 6.45) is 0.956. The average Bonchev–Trinajstić information content (AvgIpc) is 2.46. The zero-order valence-corrected chi connectivity index (χ0v) is 11.4. The molecule has 0 unspecified atom stereocenters. The summed E-state index contributed by atoms with van der Waals surface area (Å²) in [5.74, 6) is 0.857. The van der Waals surface area contributed by atoms with Gasteiger partial charge in [0.15, 0.2) is 0 Å². The van der Waals surface area contributed by atoms with Crippen LogP contribution in [0.4, 0.5) is 11.5 Å². The van der Waals surface area contributed by atoms with Crippen LogP contribution in [0.2, 0.25) is 0 Å². The zero-order valence-electron chi connectivity index (χ0n) is 11.4. The van der Waals surface area contributed by atoms with Gasteiger partial charge in [0.2, 0.25) is 0 Å². The van der Waals surface area contributed by atoms with Crippen LogP contribution in [-0.2, 0) is 13.0 Å². The normalized spacial score (nSPS) is 13.7. The van der Waals surface area contributed by atoms with Gasteiger partial charge in [-0.3, -0.25) is 0 Å². The lowest BCUT2D eigenvalue weighted by atomic mass is 9.98. The number of nitrogens with two attached hydrogens (primary N) is 1. The molecule has 1 aromatic heterocycles. The fourth-order valence-electron chi connectivity index (χ4n) is 2.68. The van der Waals surface area contributed by atoms with Crippen LogP contribution in [0.5, 0.6) is 0 Å². The molecule has 0 radical (unpaired) electrons. The molecular weight excluding hydrogens is 248 g/mol. The summed E-state index contributed by atoms with van der Waals surface area (Å²) in [5, 5.41) is 9.07. The van der Waals surface area contributed by atoms with Crippen molar-refractivity contribution in [3.63, 3.8) is 0 Å². The third-order valence-electron chi connectivity index (χ3n) is 3.70. The maximum Gasteiger partial charge on any atom is 0.130 e. The number of nitrogens with zero attached hydrogens (tertiary/aromatic N) is 3. The molecule has 2 heterocycles. The summed E-state index contributed by atoms with van der Waals surface area (Å²) < 4.78 is 0. The van der Waals surface area contributed by atoms with Crippen LogP contribution in [0.1, 0.15) is 22.4 Å². The van der Waals surface area contributed by atoms with E-state index in [1.807, 2.05) is 25.1 Å². The summed E-state index contributed by atoms with van der Waals surface area (Å²) in [7, 11) is 0. The highest BCUT2D eigenvalue weighted by molar-refractivity contribution is 5.56. The van der Waals surface area contributed by atoms with Crippen molar-refractivity contribution in [2.24, 2.45) is 0 Å². The predicted octanol–water partition coefficient (Wildman–Crippen LogP) is 2.41. The highest BCUT2D eigenvalue weighted by atomic mass is 15.2. The first-order valence-electron chi connectivity index (χ1n) is 6.67. The number of nitrogen functional groups attached to an aromatic ring is 1. The predicted molar refractivity (Wildman–Crippen MR) is 79.3 cm³/mol. The molecule has 0 saturated heterocycles. The molecule has 20 heavy (non-hydrogen) atoms. The van der Waals surface area contributed by atoms with Crippen molar-refractivity contribution in [1.82, 2.24) is 4.98 Å². The molecule has 2 aromatic rings. The van der Waals surface area contributed by atoms with Gasteiger partial charge >= 0.3 is 0 Å². The van der Waals surface area contributed by atoms with Gasteiger partial charge in [-0.25, -0.2) is 4.98 Å². The van der Waals surface area contributed by atoms with E-state index in [9.17, 15) is 0 Å². The third kappa shape index (κ3) is 2.19. The van der Waals surface area contributed by atoms with Crippen molar-refractivity contribution >= 4 is 11.5 Å².